The molecule has 1 aromatic rings. The Labute approximate surface area is 143 Å². The molecule has 1 fully saturated rings. The fourth-order valence-corrected chi connectivity index (χ4v) is 3.41. The maximum Gasteiger partial charge on any atom is 0.340 e. The van der Waals surface area contributed by atoms with Crippen LogP contribution in [0.2, 0.25) is 0 Å². The number of aromatic nitrogens is 1. The van der Waals surface area contributed by atoms with Crippen molar-refractivity contribution >= 4 is 11.8 Å². The minimum Gasteiger partial charge on any atom is -0.462 e. The lowest BCUT2D eigenvalue weighted by molar-refractivity contribution is -0.0744. The van der Waals surface area contributed by atoms with Gasteiger partial charge in [0.25, 0.3) is 0 Å². The Morgan fingerprint density at radius 1 is 1.29 bits per heavy atom. The highest BCUT2D eigenvalue weighted by atomic mass is 16.5. The van der Waals surface area contributed by atoms with Gasteiger partial charge in [-0.05, 0) is 47.1 Å². The number of aryl methyl sites for hydroxylation is 1. The maximum atomic E-state index is 13.0. The third-order valence-corrected chi connectivity index (χ3v) is 4.54. The van der Waals surface area contributed by atoms with Crippen molar-refractivity contribution in [3.63, 3.8) is 0 Å². The monoisotopic (exact) mass is 336 g/mol. The molecule has 2 heterocycles. The van der Waals surface area contributed by atoms with Gasteiger partial charge in [-0.15, -0.1) is 0 Å². The molecule has 1 aliphatic heterocycles. The molecule has 1 N–H and O–H groups in total. The number of rotatable bonds is 5. The van der Waals surface area contributed by atoms with E-state index in [0.29, 0.717) is 29.1 Å². The van der Waals surface area contributed by atoms with Crippen molar-refractivity contribution in [1.29, 1.82) is 0 Å². The number of ketones is 1. The van der Waals surface area contributed by atoms with E-state index in [1.807, 2.05) is 20.8 Å². The van der Waals surface area contributed by atoms with Crippen molar-refractivity contribution in [1.82, 2.24) is 9.88 Å². The number of carbonyl (C=O) groups is 2. The van der Waals surface area contributed by atoms with Crippen molar-refractivity contribution < 1.29 is 19.1 Å². The largest absolute Gasteiger partial charge is 0.462 e. The summed E-state index contributed by atoms with van der Waals surface area (Å²) < 4.78 is 10.8. The van der Waals surface area contributed by atoms with Crippen LogP contribution >= 0.6 is 0 Å². The van der Waals surface area contributed by atoms with E-state index in [-0.39, 0.29) is 30.0 Å². The molecule has 3 atom stereocenters. The fourth-order valence-electron chi connectivity index (χ4n) is 3.41. The van der Waals surface area contributed by atoms with E-state index < -0.39 is 0 Å². The molecule has 1 aliphatic rings. The predicted octanol–water partition coefficient (Wildman–Crippen LogP) is 2.49. The zero-order chi connectivity index (χ0) is 18.0. The summed E-state index contributed by atoms with van der Waals surface area (Å²) in [5.41, 5.74) is 2.30. The Balaban J connectivity index is 2.23. The zero-order valence-corrected chi connectivity index (χ0v) is 15.4. The smallest absolute Gasteiger partial charge is 0.340 e. The van der Waals surface area contributed by atoms with Crippen molar-refractivity contribution in [2.75, 3.05) is 19.7 Å². The number of hydrogen-bond donors (Lipinski definition) is 1. The summed E-state index contributed by atoms with van der Waals surface area (Å²) in [6.45, 7) is 13.1. The molecule has 0 aromatic carbocycles. The second-order valence-corrected chi connectivity index (χ2v) is 6.60. The quantitative estimate of drug-likeness (QED) is 0.661. The van der Waals surface area contributed by atoms with Crippen molar-refractivity contribution in [3.05, 3.63) is 22.5 Å². The van der Waals surface area contributed by atoms with E-state index in [4.69, 9.17) is 9.47 Å². The zero-order valence-electron chi connectivity index (χ0n) is 15.4. The van der Waals surface area contributed by atoms with Crippen LogP contribution in [0.1, 0.15) is 59.8 Å². The summed E-state index contributed by atoms with van der Waals surface area (Å²) in [5.74, 6) is -0.392. The number of nitrogens with one attached hydrogen (secondary N) is 1. The van der Waals surface area contributed by atoms with Gasteiger partial charge in [0.1, 0.15) is 0 Å². The van der Waals surface area contributed by atoms with Crippen LogP contribution in [0.25, 0.3) is 0 Å². The maximum absolute atomic E-state index is 13.0. The van der Waals surface area contributed by atoms with Crippen LogP contribution in [0.15, 0.2) is 0 Å². The molecule has 24 heavy (non-hydrogen) atoms. The molecule has 6 heteroatoms. The van der Waals surface area contributed by atoms with Crippen LogP contribution in [0.4, 0.5) is 0 Å². The molecule has 0 spiro atoms. The highest BCUT2D eigenvalue weighted by Crippen LogP contribution is 2.23. The first-order valence-electron chi connectivity index (χ1n) is 8.56. The first-order chi connectivity index (χ1) is 11.3. The Morgan fingerprint density at radius 2 is 1.88 bits per heavy atom. The van der Waals surface area contributed by atoms with Gasteiger partial charge < -0.3 is 14.5 Å². The second kappa shape index (κ2) is 7.49. The van der Waals surface area contributed by atoms with Crippen LogP contribution < -0.4 is 0 Å². The van der Waals surface area contributed by atoms with Gasteiger partial charge in [-0.2, -0.15) is 0 Å². The third kappa shape index (κ3) is 3.70. The van der Waals surface area contributed by atoms with Crippen LogP contribution in [0.3, 0.4) is 0 Å². The number of morpholine rings is 1. The number of carbonyl (C=O) groups excluding carboxylic acids is 2. The first kappa shape index (κ1) is 18.7. The lowest BCUT2D eigenvalue weighted by atomic mass is 10.0. The van der Waals surface area contributed by atoms with Crippen LogP contribution in [-0.4, -0.2) is 59.6 Å². The number of ether oxygens (including phenoxy) is 2. The lowest BCUT2D eigenvalue weighted by Crippen LogP contribution is -2.51. The lowest BCUT2D eigenvalue weighted by Gasteiger charge is -2.38. The minimum absolute atomic E-state index is 0.00699. The van der Waals surface area contributed by atoms with Crippen molar-refractivity contribution in [2.24, 2.45) is 0 Å². The van der Waals surface area contributed by atoms with Gasteiger partial charge in [0.05, 0.1) is 36.1 Å². The Morgan fingerprint density at radius 3 is 2.42 bits per heavy atom. The van der Waals surface area contributed by atoms with Gasteiger partial charge in [-0.3, -0.25) is 9.69 Å². The number of esters is 1. The molecule has 0 aliphatic carbocycles. The molecule has 134 valence electrons. The molecule has 2 rings (SSSR count). The van der Waals surface area contributed by atoms with E-state index >= 15 is 0 Å². The number of nitrogens with zero attached hydrogens (tertiary/aromatic N) is 1. The molecule has 1 aromatic heterocycles. The number of aromatic amines is 1. The summed E-state index contributed by atoms with van der Waals surface area (Å²) in [6, 6.07) is -0.273. The third-order valence-electron chi connectivity index (χ3n) is 4.54. The molecule has 1 saturated heterocycles. The molecule has 6 nitrogen and oxygen atoms in total. The van der Waals surface area contributed by atoms with E-state index in [1.54, 1.807) is 20.8 Å². The van der Waals surface area contributed by atoms with Gasteiger partial charge in [-0.25, -0.2) is 4.79 Å². The summed E-state index contributed by atoms with van der Waals surface area (Å²) in [6.07, 6.45) is 0.205. The Kier molecular flexibility index (Phi) is 5.83. The number of H-pyrrole nitrogens is 1. The van der Waals surface area contributed by atoms with Gasteiger partial charge in [0, 0.05) is 18.8 Å². The standard InChI is InChI=1S/C18H28N2O4/c1-7-23-18(22)15-12(4)16(19-13(15)5)17(21)14(6)20-8-10(2)24-11(3)9-20/h10-11,14,19H,7-9H2,1-6H3/t10-,11-,14-/m0/s1. The van der Waals surface area contributed by atoms with Crippen molar-refractivity contribution in [2.45, 2.75) is 59.8 Å². The molecule has 0 saturated carbocycles. The molecule has 0 unspecified atom stereocenters. The van der Waals surface area contributed by atoms with E-state index in [2.05, 4.69) is 9.88 Å². The van der Waals surface area contributed by atoms with E-state index in [1.165, 1.54) is 0 Å². The average molecular weight is 336 g/mol. The first-order valence-corrected chi connectivity index (χ1v) is 8.56. The Hall–Kier alpha value is -1.66. The summed E-state index contributed by atoms with van der Waals surface area (Å²) in [5, 5.41) is 0. The van der Waals surface area contributed by atoms with Gasteiger partial charge in [0.15, 0.2) is 5.78 Å². The van der Waals surface area contributed by atoms with Crippen LogP contribution in [-0.2, 0) is 9.47 Å². The van der Waals surface area contributed by atoms with Crippen molar-refractivity contribution in [3.8, 4) is 0 Å². The molecular weight excluding hydrogens is 308 g/mol. The highest BCUT2D eigenvalue weighted by molar-refractivity contribution is 6.03. The normalized spacial score (nSPS) is 23.1. The van der Waals surface area contributed by atoms with Crippen LogP contribution in [0.5, 0.6) is 0 Å². The van der Waals surface area contributed by atoms with Gasteiger partial charge in [0.2, 0.25) is 0 Å². The van der Waals surface area contributed by atoms with Crippen LogP contribution in [0, 0.1) is 13.8 Å². The number of Topliss-reactive ketones (excluding diaryl/α,β-unsaturated/α-hetero) is 1. The van der Waals surface area contributed by atoms with E-state index in [0.717, 1.165) is 13.1 Å². The second-order valence-electron chi connectivity index (χ2n) is 6.60. The molecular formula is C18H28N2O4. The van der Waals surface area contributed by atoms with Gasteiger partial charge >= 0.3 is 5.97 Å². The SMILES string of the molecule is CCOC(=O)c1c(C)[nH]c(C(=O)[C@H](C)N2C[C@H](C)O[C@@H](C)C2)c1C. The molecule has 0 radical (unpaired) electrons. The summed E-state index contributed by atoms with van der Waals surface area (Å²) in [4.78, 5) is 30.3. The topological polar surface area (TPSA) is 71.6 Å². The predicted molar refractivity (Wildman–Crippen MR) is 91.6 cm³/mol. The minimum atomic E-state index is -0.385. The summed E-state index contributed by atoms with van der Waals surface area (Å²) in [7, 11) is 0. The van der Waals surface area contributed by atoms with E-state index in [9.17, 15) is 9.59 Å². The summed E-state index contributed by atoms with van der Waals surface area (Å²) >= 11 is 0. The highest BCUT2D eigenvalue weighted by Gasteiger charge is 2.32. The molecule has 0 bridgehead atoms. The Bertz CT molecular complexity index is 613. The average Bonchev–Trinajstić information content (AvgIpc) is 2.80. The molecule has 0 amide bonds. The van der Waals surface area contributed by atoms with Gasteiger partial charge in [-0.1, -0.05) is 0 Å². The number of hydrogen-bond acceptors (Lipinski definition) is 5. The fraction of sp³-hybridized carbons (Fsp3) is 0.667.